The van der Waals surface area contributed by atoms with Crippen LogP contribution in [-0.2, 0) is 11.2 Å². The number of aromatic nitrogens is 2. The number of aliphatic hydroxyl groups excluding tert-OH is 1. The maximum atomic E-state index is 13.0. The van der Waals surface area contributed by atoms with Gasteiger partial charge < -0.3 is 14.9 Å². The molecule has 1 N–H and O–H groups in total. The highest BCUT2D eigenvalue weighted by atomic mass is 16.3. The van der Waals surface area contributed by atoms with Gasteiger partial charge >= 0.3 is 0 Å². The van der Waals surface area contributed by atoms with Gasteiger partial charge in [0.15, 0.2) is 0 Å². The van der Waals surface area contributed by atoms with E-state index >= 15 is 0 Å². The molecule has 2 fully saturated rings. The van der Waals surface area contributed by atoms with Gasteiger partial charge in [-0.1, -0.05) is 13.3 Å². The van der Waals surface area contributed by atoms with E-state index in [1.807, 2.05) is 12.4 Å². The normalized spacial score (nSPS) is 22.9. The first-order valence-corrected chi connectivity index (χ1v) is 12.2. The third-order valence-electron chi connectivity index (χ3n) is 6.96. The molecule has 0 atom stereocenters. The number of hydrogen-bond donors (Lipinski definition) is 1. The number of nitrogens with zero attached hydrogens (tertiary/aromatic N) is 5. The first kappa shape index (κ1) is 23.9. The fourth-order valence-corrected chi connectivity index (χ4v) is 4.95. The van der Waals surface area contributed by atoms with Crippen LogP contribution < -0.4 is 4.90 Å². The number of aliphatic hydroxyl groups is 1. The smallest absolute Gasteiger partial charge is 0.225 e. The van der Waals surface area contributed by atoms with Gasteiger partial charge in [0.25, 0.3) is 0 Å². The molecule has 1 saturated carbocycles. The molecule has 2 aliphatic rings. The maximum Gasteiger partial charge on any atom is 0.225 e. The fraction of sp³-hybridized carbons (Fsp3) is 0.792. The number of aryl methyl sites for hydroxylation is 1. The lowest BCUT2D eigenvalue weighted by molar-refractivity contribution is -0.136. The van der Waals surface area contributed by atoms with Gasteiger partial charge in [-0.2, -0.15) is 0 Å². The quantitative estimate of drug-likeness (QED) is 0.648. The van der Waals surface area contributed by atoms with E-state index < -0.39 is 0 Å². The minimum absolute atomic E-state index is 0.198. The SMILES string of the molecule is CCCc1cnc(N(C)CC[C@H]2CC[C@H](C(=O)N3CCCN(CCO)CC3)CC2)nc1. The van der Waals surface area contributed by atoms with E-state index in [0.29, 0.717) is 11.8 Å². The molecular formula is C24H41N5O2. The number of hydrogen-bond acceptors (Lipinski definition) is 6. The largest absolute Gasteiger partial charge is 0.395 e. The van der Waals surface area contributed by atoms with Crippen molar-refractivity contribution in [3.05, 3.63) is 18.0 Å². The highest BCUT2D eigenvalue weighted by Crippen LogP contribution is 2.32. The van der Waals surface area contributed by atoms with Crippen LogP contribution in [0.2, 0.25) is 0 Å². The van der Waals surface area contributed by atoms with Crippen LogP contribution in [0.25, 0.3) is 0 Å². The zero-order chi connectivity index (χ0) is 22.1. The van der Waals surface area contributed by atoms with E-state index in [2.05, 4.69) is 38.6 Å². The van der Waals surface area contributed by atoms with Gasteiger partial charge in [0.2, 0.25) is 11.9 Å². The van der Waals surface area contributed by atoms with Gasteiger partial charge in [-0.05, 0) is 63.0 Å². The van der Waals surface area contributed by atoms with Gasteiger partial charge in [0.05, 0.1) is 6.61 Å². The van der Waals surface area contributed by atoms with Crippen molar-refractivity contribution in [1.29, 1.82) is 0 Å². The Labute approximate surface area is 187 Å². The Hall–Kier alpha value is -1.73. The maximum absolute atomic E-state index is 13.0. The second-order valence-corrected chi connectivity index (χ2v) is 9.31. The van der Waals surface area contributed by atoms with E-state index in [0.717, 1.165) is 96.6 Å². The van der Waals surface area contributed by atoms with Crippen LogP contribution in [0.4, 0.5) is 5.95 Å². The molecule has 0 bridgehead atoms. The zero-order valence-corrected chi connectivity index (χ0v) is 19.5. The Kier molecular flexibility index (Phi) is 9.53. The molecule has 1 amide bonds. The number of β-amino-alcohol motifs (C(OH)–C–C–N with tert-alkyl or cyclic N) is 1. The third-order valence-corrected chi connectivity index (χ3v) is 6.96. The summed E-state index contributed by atoms with van der Waals surface area (Å²) in [5, 5.41) is 9.16. The van der Waals surface area contributed by atoms with Crippen molar-refractivity contribution in [3.63, 3.8) is 0 Å². The molecule has 1 aliphatic heterocycles. The Morgan fingerprint density at radius 1 is 1.13 bits per heavy atom. The molecule has 2 heterocycles. The summed E-state index contributed by atoms with van der Waals surface area (Å²) in [5.41, 5.74) is 1.20. The summed E-state index contributed by atoms with van der Waals surface area (Å²) in [4.78, 5) is 28.6. The summed E-state index contributed by atoms with van der Waals surface area (Å²) in [6.45, 7) is 7.58. The van der Waals surface area contributed by atoms with Crippen LogP contribution in [0, 0.1) is 11.8 Å². The first-order valence-electron chi connectivity index (χ1n) is 12.2. The molecule has 1 aliphatic carbocycles. The van der Waals surface area contributed by atoms with Crippen LogP contribution in [0.1, 0.15) is 57.4 Å². The van der Waals surface area contributed by atoms with Gasteiger partial charge in [-0.25, -0.2) is 9.97 Å². The van der Waals surface area contributed by atoms with Gasteiger partial charge in [0, 0.05) is 58.1 Å². The van der Waals surface area contributed by atoms with E-state index in [4.69, 9.17) is 5.11 Å². The average Bonchev–Trinajstić information content (AvgIpc) is 3.04. The number of rotatable bonds is 9. The standard InChI is InChI=1S/C24H41N5O2/c1-3-5-21-18-25-24(26-19-21)27(2)13-10-20-6-8-22(9-7-20)23(31)29-12-4-11-28(14-15-29)16-17-30/h18-20,22,30H,3-17H2,1-2H3/t20-,22-. The van der Waals surface area contributed by atoms with Crippen molar-refractivity contribution < 1.29 is 9.90 Å². The molecule has 0 aromatic carbocycles. The van der Waals surface area contributed by atoms with Gasteiger partial charge in [-0.15, -0.1) is 0 Å². The topological polar surface area (TPSA) is 72.8 Å². The molecular weight excluding hydrogens is 390 g/mol. The number of amides is 1. The predicted molar refractivity (Wildman–Crippen MR) is 124 cm³/mol. The van der Waals surface area contributed by atoms with Crippen molar-refractivity contribution in [1.82, 2.24) is 19.8 Å². The van der Waals surface area contributed by atoms with Crippen LogP contribution in [0.15, 0.2) is 12.4 Å². The van der Waals surface area contributed by atoms with Gasteiger partial charge in [-0.3, -0.25) is 9.69 Å². The second kappa shape index (κ2) is 12.3. The lowest BCUT2D eigenvalue weighted by Crippen LogP contribution is -2.40. The van der Waals surface area contributed by atoms with Crippen LogP contribution in [0.3, 0.4) is 0 Å². The molecule has 31 heavy (non-hydrogen) atoms. The first-order chi connectivity index (χ1) is 15.1. The van der Waals surface area contributed by atoms with Crippen LogP contribution in [0.5, 0.6) is 0 Å². The summed E-state index contributed by atoms with van der Waals surface area (Å²) in [6.07, 6.45) is 12.5. The Morgan fingerprint density at radius 3 is 2.55 bits per heavy atom. The van der Waals surface area contributed by atoms with E-state index in [1.165, 1.54) is 5.56 Å². The molecule has 0 spiro atoms. The number of anilines is 1. The minimum atomic E-state index is 0.198. The molecule has 7 heteroatoms. The lowest BCUT2D eigenvalue weighted by atomic mass is 9.80. The Bertz CT molecular complexity index is 660. The van der Waals surface area contributed by atoms with Crippen molar-refractivity contribution in [2.45, 2.75) is 58.3 Å². The molecule has 3 rings (SSSR count). The molecule has 1 aromatic rings. The third kappa shape index (κ3) is 7.14. The van der Waals surface area contributed by atoms with Crippen LogP contribution in [-0.4, -0.2) is 83.7 Å². The monoisotopic (exact) mass is 431 g/mol. The molecule has 1 aromatic heterocycles. The van der Waals surface area contributed by atoms with E-state index in [9.17, 15) is 4.79 Å². The predicted octanol–water partition coefficient (Wildman–Crippen LogP) is 2.59. The van der Waals surface area contributed by atoms with E-state index in [1.54, 1.807) is 0 Å². The molecule has 7 nitrogen and oxygen atoms in total. The molecule has 1 saturated heterocycles. The highest BCUT2D eigenvalue weighted by Gasteiger charge is 2.30. The Balaban J connectivity index is 1.38. The van der Waals surface area contributed by atoms with Crippen molar-refractivity contribution in [2.24, 2.45) is 11.8 Å². The number of carbonyl (C=O) groups is 1. The van der Waals surface area contributed by atoms with Crippen molar-refractivity contribution >= 4 is 11.9 Å². The average molecular weight is 432 g/mol. The summed E-state index contributed by atoms with van der Waals surface area (Å²) in [5.74, 6) is 2.06. The zero-order valence-electron chi connectivity index (χ0n) is 19.5. The second-order valence-electron chi connectivity index (χ2n) is 9.31. The lowest BCUT2D eigenvalue weighted by Gasteiger charge is -2.32. The summed E-state index contributed by atoms with van der Waals surface area (Å²) >= 11 is 0. The van der Waals surface area contributed by atoms with Crippen molar-refractivity contribution in [2.75, 3.05) is 57.8 Å². The van der Waals surface area contributed by atoms with Gasteiger partial charge in [0.1, 0.15) is 0 Å². The summed E-state index contributed by atoms with van der Waals surface area (Å²) < 4.78 is 0. The van der Waals surface area contributed by atoms with Crippen LogP contribution >= 0.6 is 0 Å². The highest BCUT2D eigenvalue weighted by molar-refractivity contribution is 5.79. The summed E-state index contributed by atoms with van der Waals surface area (Å²) in [6, 6.07) is 0. The van der Waals surface area contributed by atoms with Crippen molar-refractivity contribution in [3.8, 4) is 0 Å². The number of carbonyl (C=O) groups excluding carboxylic acids is 1. The molecule has 174 valence electrons. The van der Waals surface area contributed by atoms with E-state index in [-0.39, 0.29) is 12.5 Å². The molecule has 0 radical (unpaired) electrons. The fourth-order valence-electron chi connectivity index (χ4n) is 4.95. The molecule has 0 unspecified atom stereocenters. The minimum Gasteiger partial charge on any atom is -0.395 e. The Morgan fingerprint density at radius 2 is 1.87 bits per heavy atom. The summed E-state index contributed by atoms with van der Waals surface area (Å²) in [7, 11) is 2.07.